The van der Waals surface area contributed by atoms with E-state index in [4.69, 9.17) is 14.6 Å². The number of esters is 1. The number of hydrogen-bond acceptors (Lipinski definition) is 6. The van der Waals surface area contributed by atoms with Crippen LogP contribution in [0.3, 0.4) is 0 Å². The second kappa shape index (κ2) is 10.1. The van der Waals surface area contributed by atoms with E-state index in [1.165, 1.54) is 7.11 Å². The van der Waals surface area contributed by atoms with Gasteiger partial charge >= 0.3 is 5.97 Å². The van der Waals surface area contributed by atoms with Crippen LogP contribution in [-0.2, 0) is 19.0 Å². The van der Waals surface area contributed by atoms with Crippen molar-refractivity contribution in [3.63, 3.8) is 0 Å². The molecule has 0 aromatic carbocycles. The van der Waals surface area contributed by atoms with Gasteiger partial charge in [-0.05, 0) is 12.8 Å². The first-order valence-electron chi connectivity index (χ1n) is 6.85. The highest BCUT2D eigenvalue weighted by Gasteiger charge is 2.19. The van der Waals surface area contributed by atoms with E-state index in [9.17, 15) is 4.79 Å². The molecule has 19 heavy (non-hydrogen) atoms. The van der Waals surface area contributed by atoms with Gasteiger partial charge in [0.2, 0.25) is 0 Å². The predicted octanol–water partition coefficient (Wildman–Crippen LogP) is 0.0394. The second-order valence-corrected chi connectivity index (χ2v) is 4.60. The predicted molar refractivity (Wildman–Crippen MR) is 70.0 cm³/mol. The minimum Gasteiger partial charge on any atom is -0.469 e. The number of carbonyl (C=O) groups excluding carboxylic acids is 1. The molecule has 6 heteroatoms. The molecule has 112 valence electrons. The van der Waals surface area contributed by atoms with E-state index >= 15 is 0 Å². The molecule has 0 radical (unpaired) electrons. The van der Waals surface area contributed by atoms with Crippen molar-refractivity contribution in [2.24, 2.45) is 0 Å². The molecule has 6 nitrogen and oxygen atoms in total. The Morgan fingerprint density at radius 2 is 2.26 bits per heavy atom. The Bertz CT molecular complexity index is 243. The minimum atomic E-state index is -0.200. The summed E-state index contributed by atoms with van der Waals surface area (Å²) < 4.78 is 15.5. The summed E-state index contributed by atoms with van der Waals surface area (Å²) in [7, 11) is 1.40. The van der Waals surface area contributed by atoms with Gasteiger partial charge in [-0.25, -0.2) is 0 Å². The van der Waals surface area contributed by atoms with Gasteiger partial charge in [0.1, 0.15) is 0 Å². The molecule has 1 aliphatic rings. The summed E-state index contributed by atoms with van der Waals surface area (Å²) in [6.07, 6.45) is 2.82. The lowest BCUT2D eigenvalue weighted by molar-refractivity contribution is -0.141. The van der Waals surface area contributed by atoms with Crippen LogP contribution in [0.1, 0.15) is 19.3 Å². The van der Waals surface area contributed by atoms with E-state index < -0.39 is 0 Å². The number of nitrogens with zero attached hydrogens (tertiary/aromatic N) is 1. The van der Waals surface area contributed by atoms with Crippen LogP contribution in [0.4, 0.5) is 0 Å². The molecular weight excluding hydrogens is 250 g/mol. The molecule has 1 saturated heterocycles. The fraction of sp³-hybridized carbons (Fsp3) is 0.923. The van der Waals surface area contributed by atoms with Gasteiger partial charge in [0.05, 0.1) is 39.5 Å². The number of aliphatic hydroxyl groups excluding tert-OH is 1. The molecule has 0 amide bonds. The lowest BCUT2D eigenvalue weighted by Crippen LogP contribution is -2.36. The Labute approximate surface area is 114 Å². The highest BCUT2D eigenvalue weighted by molar-refractivity contribution is 5.69. The van der Waals surface area contributed by atoms with Crippen molar-refractivity contribution in [1.29, 1.82) is 0 Å². The van der Waals surface area contributed by atoms with Crippen LogP contribution in [0.25, 0.3) is 0 Å². The van der Waals surface area contributed by atoms with Gasteiger partial charge in [-0.15, -0.1) is 0 Å². The molecule has 0 bridgehead atoms. The molecule has 1 fully saturated rings. The van der Waals surface area contributed by atoms with Gasteiger partial charge in [-0.1, -0.05) is 0 Å². The highest BCUT2D eigenvalue weighted by atomic mass is 16.5. The minimum absolute atomic E-state index is 0.0356. The summed E-state index contributed by atoms with van der Waals surface area (Å²) in [4.78, 5) is 13.3. The zero-order valence-corrected chi connectivity index (χ0v) is 11.7. The van der Waals surface area contributed by atoms with E-state index in [-0.39, 0.29) is 18.7 Å². The van der Waals surface area contributed by atoms with E-state index in [0.29, 0.717) is 26.2 Å². The van der Waals surface area contributed by atoms with Crippen molar-refractivity contribution in [2.45, 2.75) is 25.4 Å². The fourth-order valence-corrected chi connectivity index (χ4v) is 2.08. The summed E-state index contributed by atoms with van der Waals surface area (Å²) in [5.74, 6) is -0.200. The lowest BCUT2D eigenvalue weighted by atomic mass is 10.2. The van der Waals surface area contributed by atoms with Crippen LogP contribution in [0.5, 0.6) is 0 Å². The van der Waals surface area contributed by atoms with E-state index in [2.05, 4.69) is 9.64 Å². The average molecular weight is 275 g/mol. The number of hydrogen-bond donors (Lipinski definition) is 1. The van der Waals surface area contributed by atoms with Crippen LogP contribution in [0.15, 0.2) is 0 Å². The molecule has 0 saturated carbocycles. The van der Waals surface area contributed by atoms with Crippen molar-refractivity contribution in [3.05, 3.63) is 0 Å². The third-order valence-electron chi connectivity index (χ3n) is 3.13. The molecule has 0 aromatic rings. The molecule has 1 N–H and O–H groups in total. The lowest BCUT2D eigenvalue weighted by Gasteiger charge is -2.24. The largest absolute Gasteiger partial charge is 0.469 e. The first-order chi connectivity index (χ1) is 9.26. The number of ether oxygens (including phenoxy) is 3. The van der Waals surface area contributed by atoms with E-state index in [0.717, 1.165) is 32.5 Å². The van der Waals surface area contributed by atoms with Gasteiger partial charge in [-0.3, -0.25) is 9.69 Å². The smallest absolute Gasteiger partial charge is 0.306 e. The summed E-state index contributed by atoms with van der Waals surface area (Å²) >= 11 is 0. The van der Waals surface area contributed by atoms with Crippen molar-refractivity contribution in [1.82, 2.24) is 4.90 Å². The normalized spacial score (nSPS) is 19.0. The number of methoxy groups -OCH3 is 1. The summed E-state index contributed by atoms with van der Waals surface area (Å²) in [6, 6.07) is 0. The molecule has 1 rings (SSSR count). The third-order valence-corrected chi connectivity index (χ3v) is 3.13. The maximum Gasteiger partial charge on any atom is 0.306 e. The molecule has 0 aliphatic carbocycles. The van der Waals surface area contributed by atoms with Crippen LogP contribution in [0.2, 0.25) is 0 Å². The Kier molecular flexibility index (Phi) is 8.73. The first kappa shape index (κ1) is 16.4. The number of carbonyl (C=O) groups is 1. The van der Waals surface area contributed by atoms with Crippen molar-refractivity contribution in [2.75, 3.05) is 53.2 Å². The van der Waals surface area contributed by atoms with Crippen LogP contribution < -0.4 is 0 Å². The Balaban J connectivity index is 2.26. The standard InChI is InChI=1S/C13H25NO5/c1-17-13(16)4-5-14(6-9-18-10-7-15)11-12-3-2-8-19-12/h12,15H,2-11H2,1H3. The highest BCUT2D eigenvalue weighted by Crippen LogP contribution is 2.13. The van der Waals surface area contributed by atoms with Crippen LogP contribution in [0, 0.1) is 0 Å². The second-order valence-electron chi connectivity index (χ2n) is 4.60. The van der Waals surface area contributed by atoms with Crippen molar-refractivity contribution in [3.8, 4) is 0 Å². The summed E-state index contributed by atoms with van der Waals surface area (Å²) in [6.45, 7) is 3.97. The number of aliphatic hydroxyl groups is 1. The van der Waals surface area contributed by atoms with Gasteiger partial charge in [0.25, 0.3) is 0 Å². The first-order valence-corrected chi connectivity index (χ1v) is 6.85. The van der Waals surface area contributed by atoms with Crippen LogP contribution >= 0.6 is 0 Å². The Morgan fingerprint density at radius 3 is 2.89 bits per heavy atom. The maximum atomic E-state index is 11.2. The molecule has 1 unspecified atom stereocenters. The zero-order chi connectivity index (χ0) is 13.9. The molecular formula is C13H25NO5. The van der Waals surface area contributed by atoms with Gasteiger partial charge < -0.3 is 19.3 Å². The molecule has 0 aromatic heterocycles. The van der Waals surface area contributed by atoms with E-state index in [1.807, 2.05) is 0 Å². The van der Waals surface area contributed by atoms with Crippen molar-refractivity contribution < 1.29 is 24.1 Å². The van der Waals surface area contributed by atoms with Crippen LogP contribution in [-0.4, -0.2) is 75.3 Å². The molecule has 0 spiro atoms. The SMILES string of the molecule is COC(=O)CCN(CCOCCO)CC1CCCO1. The van der Waals surface area contributed by atoms with Crippen molar-refractivity contribution >= 4 is 5.97 Å². The quantitative estimate of drug-likeness (QED) is 0.448. The summed E-state index contributed by atoms with van der Waals surface area (Å²) in [5.41, 5.74) is 0. The zero-order valence-electron chi connectivity index (χ0n) is 11.7. The fourth-order valence-electron chi connectivity index (χ4n) is 2.08. The monoisotopic (exact) mass is 275 g/mol. The molecule has 1 aliphatic heterocycles. The molecule has 1 atom stereocenters. The molecule has 1 heterocycles. The third kappa shape index (κ3) is 7.47. The van der Waals surface area contributed by atoms with Gasteiger partial charge in [0, 0.05) is 26.2 Å². The van der Waals surface area contributed by atoms with Gasteiger partial charge in [0.15, 0.2) is 0 Å². The summed E-state index contributed by atoms with van der Waals surface area (Å²) in [5, 5.41) is 8.65. The average Bonchev–Trinajstić information content (AvgIpc) is 2.93. The topological polar surface area (TPSA) is 68.2 Å². The maximum absolute atomic E-state index is 11.2. The van der Waals surface area contributed by atoms with Gasteiger partial charge in [-0.2, -0.15) is 0 Å². The Hall–Kier alpha value is -0.690. The number of rotatable bonds is 10. The van der Waals surface area contributed by atoms with E-state index in [1.54, 1.807) is 0 Å². The Morgan fingerprint density at radius 1 is 1.42 bits per heavy atom.